The number of rotatable bonds is 6. The van der Waals surface area contributed by atoms with E-state index in [0.717, 1.165) is 17.8 Å². The maximum atomic E-state index is 13.9. The first-order valence-corrected chi connectivity index (χ1v) is 11.8. The third kappa shape index (κ3) is 5.09. The first-order valence-electron chi connectivity index (χ1n) is 11.0. The largest absolute Gasteiger partial charge is 0.497 e. The molecule has 5 rings (SSSR count). The summed E-state index contributed by atoms with van der Waals surface area (Å²) in [4.78, 5) is 17.4. The molecular weight excluding hydrogens is 572 g/mol. The van der Waals surface area contributed by atoms with Crippen LogP contribution in [-0.2, 0) is 12.7 Å². The lowest BCUT2D eigenvalue weighted by Gasteiger charge is -2.12. The van der Waals surface area contributed by atoms with E-state index in [1.165, 1.54) is 23.9 Å². The first-order chi connectivity index (χ1) is 18.1. The second kappa shape index (κ2) is 9.89. The van der Waals surface area contributed by atoms with E-state index in [1.807, 2.05) is 0 Å². The van der Waals surface area contributed by atoms with Crippen LogP contribution >= 0.6 is 15.9 Å². The Kier molecular flexibility index (Phi) is 6.61. The van der Waals surface area contributed by atoms with Gasteiger partial charge in [-0.2, -0.15) is 23.4 Å². The number of halogens is 5. The van der Waals surface area contributed by atoms with E-state index in [2.05, 4.69) is 36.4 Å². The van der Waals surface area contributed by atoms with Crippen LogP contribution < -0.4 is 10.1 Å². The van der Waals surface area contributed by atoms with Gasteiger partial charge < -0.3 is 10.1 Å². The lowest BCUT2D eigenvalue weighted by molar-refractivity contribution is -0.142. The summed E-state index contributed by atoms with van der Waals surface area (Å²) >= 11 is 3.32. The van der Waals surface area contributed by atoms with Gasteiger partial charge in [0.05, 0.1) is 30.0 Å². The Morgan fingerprint density at radius 3 is 2.47 bits per heavy atom. The van der Waals surface area contributed by atoms with E-state index in [9.17, 15) is 22.4 Å². The van der Waals surface area contributed by atoms with Crippen molar-refractivity contribution in [3.8, 4) is 17.0 Å². The number of ether oxygens (including phenoxy) is 1. The Bertz CT molecular complexity index is 1630. The Morgan fingerprint density at radius 2 is 1.82 bits per heavy atom. The average molecular weight is 589 g/mol. The van der Waals surface area contributed by atoms with Gasteiger partial charge in [0, 0.05) is 11.8 Å². The van der Waals surface area contributed by atoms with Crippen LogP contribution in [0.25, 0.3) is 16.9 Å². The fraction of sp³-hybridized carbons (Fsp3) is 0.120. The van der Waals surface area contributed by atoms with E-state index >= 15 is 0 Å². The lowest BCUT2D eigenvalue weighted by atomic mass is 10.1. The third-order valence-electron chi connectivity index (χ3n) is 5.60. The molecule has 0 fully saturated rings. The Balaban J connectivity index is 1.48. The van der Waals surface area contributed by atoms with E-state index in [0.29, 0.717) is 26.8 Å². The molecule has 0 aliphatic carbocycles. The average Bonchev–Trinajstić information content (AvgIpc) is 3.47. The predicted molar refractivity (Wildman–Crippen MR) is 133 cm³/mol. The number of anilines is 1. The standard InChI is InChI=1S/C25H17BrF4N6O2/c1-38-17-8-4-15(5-9-17)20-10-21(25(28,29)30)36-23(32-20)18(11-31-36)24(37)33-22-19(26)13-35(34-22)12-14-2-6-16(27)7-3-14/h2-11,13H,12H2,1H3,(H,33,34,37). The summed E-state index contributed by atoms with van der Waals surface area (Å²) in [6.07, 6.45) is -2.13. The number of hydrogen-bond acceptors (Lipinski definition) is 5. The van der Waals surface area contributed by atoms with Crippen molar-refractivity contribution in [3.63, 3.8) is 0 Å². The molecule has 0 aliphatic heterocycles. The van der Waals surface area contributed by atoms with Crippen molar-refractivity contribution in [2.45, 2.75) is 12.7 Å². The Labute approximate surface area is 221 Å². The Morgan fingerprint density at radius 1 is 1.11 bits per heavy atom. The predicted octanol–water partition coefficient (Wildman–Crippen LogP) is 5.82. The number of carbonyl (C=O) groups is 1. The number of carbonyl (C=O) groups excluding carboxylic acids is 1. The SMILES string of the molecule is COc1ccc(-c2cc(C(F)(F)F)n3ncc(C(=O)Nc4nn(Cc5ccc(F)cc5)cc4Br)c3n2)cc1. The molecule has 0 bridgehead atoms. The van der Waals surface area contributed by atoms with Crippen molar-refractivity contribution in [3.05, 3.63) is 94.1 Å². The molecule has 3 heterocycles. The molecule has 0 unspecified atom stereocenters. The van der Waals surface area contributed by atoms with Gasteiger partial charge in [-0.15, -0.1) is 0 Å². The highest BCUT2D eigenvalue weighted by molar-refractivity contribution is 9.10. The molecule has 0 spiro atoms. The Hall–Kier alpha value is -4.26. The third-order valence-corrected chi connectivity index (χ3v) is 6.18. The van der Waals surface area contributed by atoms with Crippen molar-refractivity contribution in [1.29, 1.82) is 0 Å². The highest BCUT2D eigenvalue weighted by Gasteiger charge is 2.36. The first kappa shape index (κ1) is 25.4. The highest BCUT2D eigenvalue weighted by Crippen LogP contribution is 2.33. The van der Waals surface area contributed by atoms with Gasteiger partial charge in [0.1, 0.15) is 17.1 Å². The summed E-state index contributed by atoms with van der Waals surface area (Å²) in [6, 6.07) is 13.1. The van der Waals surface area contributed by atoms with Crippen molar-refractivity contribution in [2.75, 3.05) is 12.4 Å². The molecule has 38 heavy (non-hydrogen) atoms. The molecule has 3 aromatic heterocycles. The molecule has 0 atom stereocenters. The van der Waals surface area contributed by atoms with Crippen LogP contribution in [0.15, 0.2) is 71.5 Å². The number of fused-ring (bicyclic) bond motifs is 1. The second-order valence-corrected chi connectivity index (χ2v) is 9.00. The van der Waals surface area contributed by atoms with Gasteiger partial charge in [0.25, 0.3) is 5.91 Å². The molecule has 0 aliphatic rings. The van der Waals surface area contributed by atoms with Crippen molar-refractivity contribution in [2.24, 2.45) is 0 Å². The number of nitrogens with one attached hydrogen (secondary N) is 1. The number of methoxy groups -OCH3 is 1. The molecule has 0 saturated heterocycles. The van der Waals surface area contributed by atoms with Gasteiger partial charge in [0.15, 0.2) is 17.2 Å². The molecular formula is C25H17BrF4N6O2. The van der Waals surface area contributed by atoms with Crippen molar-refractivity contribution < 1.29 is 27.1 Å². The van der Waals surface area contributed by atoms with E-state index < -0.39 is 17.8 Å². The molecule has 2 aromatic carbocycles. The molecule has 8 nitrogen and oxygen atoms in total. The minimum Gasteiger partial charge on any atom is -0.497 e. The summed E-state index contributed by atoms with van der Waals surface area (Å²) in [5.41, 5.74) is -0.356. The fourth-order valence-corrected chi connectivity index (χ4v) is 4.16. The molecule has 0 saturated carbocycles. The van der Waals surface area contributed by atoms with Crippen LogP contribution in [0.5, 0.6) is 5.75 Å². The summed E-state index contributed by atoms with van der Waals surface area (Å²) < 4.78 is 62.5. The molecule has 194 valence electrons. The van der Waals surface area contributed by atoms with E-state index in [4.69, 9.17) is 4.74 Å². The number of benzene rings is 2. The smallest absolute Gasteiger partial charge is 0.433 e. The monoisotopic (exact) mass is 588 g/mol. The highest BCUT2D eigenvalue weighted by atomic mass is 79.9. The number of aromatic nitrogens is 5. The summed E-state index contributed by atoms with van der Waals surface area (Å²) in [6.45, 7) is 0.299. The van der Waals surface area contributed by atoms with Gasteiger partial charge in [0.2, 0.25) is 0 Å². The van der Waals surface area contributed by atoms with Crippen LogP contribution in [-0.4, -0.2) is 37.4 Å². The number of alkyl halides is 3. The minimum absolute atomic E-state index is 0.00628. The number of nitrogens with zero attached hydrogens (tertiary/aromatic N) is 5. The van der Waals surface area contributed by atoms with E-state index in [1.54, 1.807) is 42.6 Å². The van der Waals surface area contributed by atoms with Crippen LogP contribution in [0, 0.1) is 5.82 Å². The molecule has 13 heteroatoms. The summed E-state index contributed by atoms with van der Waals surface area (Å²) in [7, 11) is 1.47. The minimum atomic E-state index is -4.76. The second-order valence-electron chi connectivity index (χ2n) is 8.15. The zero-order chi connectivity index (χ0) is 27.0. The number of hydrogen-bond donors (Lipinski definition) is 1. The van der Waals surface area contributed by atoms with Crippen LogP contribution in [0.4, 0.5) is 23.4 Å². The van der Waals surface area contributed by atoms with Gasteiger partial charge in [-0.1, -0.05) is 12.1 Å². The maximum absolute atomic E-state index is 13.9. The van der Waals surface area contributed by atoms with Gasteiger partial charge >= 0.3 is 6.18 Å². The summed E-state index contributed by atoms with van der Waals surface area (Å²) in [5, 5.41) is 10.7. The quantitative estimate of drug-likeness (QED) is 0.252. The van der Waals surface area contributed by atoms with Gasteiger partial charge in [-0.05, 0) is 64.0 Å². The summed E-state index contributed by atoms with van der Waals surface area (Å²) in [5.74, 6) is -0.451. The van der Waals surface area contributed by atoms with Crippen molar-refractivity contribution in [1.82, 2.24) is 24.4 Å². The zero-order valence-electron chi connectivity index (χ0n) is 19.5. The normalized spacial score (nSPS) is 11.6. The van der Waals surface area contributed by atoms with Crippen molar-refractivity contribution >= 4 is 33.3 Å². The fourth-order valence-electron chi connectivity index (χ4n) is 3.75. The lowest BCUT2D eigenvalue weighted by Crippen LogP contribution is -2.16. The molecule has 1 amide bonds. The van der Waals surface area contributed by atoms with Crippen LogP contribution in [0.3, 0.4) is 0 Å². The van der Waals surface area contributed by atoms with Gasteiger partial charge in [-0.25, -0.2) is 13.9 Å². The molecule has 5 aromatic rings. The zero-order valence-corrected chi connectivity index (χ0v) is 21.1. The molecule has 0 radical (unpaired) electrons. The van der Waals surface area contributed by atoms with E-state index in [-0.39, 0.29) is 28.5 Å². The van der Waals surface area contributed by atoms with Gasteiger partial charge in [-0.3, -0.25) is 9.48 Å². The number of amides is 1. The molecule has 1 N–H and O–H groups in total. The topological polar surface area (TPSA) is 86.3 Å². The van der Waals surface area contributed by atoms with Crippen LogP contribution in [0.1, 0.15) is 21.6 Å². The maximum Gasteiger partial charge on any atom is 0.433 e. The van der Waals surface area contributed by atoms with Crippen LogP contribution in [0.2, 0.25) is 0 Å².